The fourth-order valence-corrected chi connectivity index (χ4v) is 3.60. The number of rotatable bonds is 5. The van der Waals surface area contributed by atoms with Gasteiger partial charge in [0.05, 0.1) is 23.3 Å². The quantitative estimate of drug-likeness (QED) is 0.590. The Morgan fingerprint density at radius 3 is 2.68 bits per heavy atom. The zero-order chi connectivity index (χ0) is 20.5. The van der Waals surface area contributed by atoms with E-state index in [4.69, 9.17) is 9.26 Å². The molecule has 2 heterocycles. The Bertz CT molecular complexity index is 1120. The van der Waals surface area contributed by atoms with E-state index < -0.39 is 32.6 Å². The number of carbonyl (C=O) groups is 1. The van der Waals surface area contributed by atoms with Crippen molar-refractivity contribution in [3.05, 3.63) is 53.9 Å². The number of nitrogens with zero attached hydrogens (tertiary/aromatic N) is 3. The molecule has 0 saturated heterocycles. The van der Waals surface area contributed by atoms with Crippen LogP contribution in [-0.2, 0) is 20.9 Å². The Balaban J connectivity index is 2.03. The first-order chi connectivity index (χ1) is 13.1. The fraction of sp³-hybridized carbons (Fsp3) is 0.188. The Morgan fingerprint density at radius 2 is 2.00 bits per heavy atom. The summed E-state index contributed by atoms with van der Waals surface area (Å²) in [5, 5.41) is 7.17. The number of esters is 1. The Labute approximate surface area is 156 Å². The van der Waals surface area contributed by atoms with Crippen LogP contribution in [0.4, 0.5) is 13.2 Å². The van der Waals surface area contributed by atoms with Crippen LogP contribution in [0.5, 0.6) is 0 Å². The van der Waals surface area contributed by atoms with E-state index in [1.54, 1.807) is 6.92 Å². The van der Waals surface area contributed by atoms with E-state index in [1.165, 1.54) is 6.07 Å². The lowest BCUT2D eigenvalue weighted by Gasteiger charge is -2.10. The molecule has 3 aromatic rings. The van der Waals surface area contributed by atoms with Gasteiger partial charge in [-0.2, -0.15) is 26.7 Å². The lowest BCUT2D eigenvalue weighted by molar-refractivity contribution is -0.137. The van der Waals surface area contributed by atoms with Gasteiger partial charge >= 0.3 is 12.1 Å². The van der Waals surface area contributed by atoms with Crippen molar-refractivity contribution in [1.29, 1.82) is 0 Å². The molecule has 0 saturated carbocycles. The third kappa shape index (κ3) is 3.63. The first-order valence-electron chi connectivity index (χ1n) is 7.75. The zero-order valence-corrected chi connectivity index (χ0v) is 15.0. The van der Waals surface area contributed by atoms with Gasteiger partial charge in [-0.25, -0.2) is 4.79 Å². The van der Waals surface area contributed by atoms with Crippen LogP contribution in [0, 0.1) is 0 Å². The molecule has 8 nitrogen and oxygen atoms in total. The molecule has 0 fully saturated rings. The van der Waals surface area contributed by atoms with Crippen LogP contribution in [0.3, 0.4) is 0 Å². The van der Waals surface area contributed by atoms with E-state index in [0.717, 1.165) is 30.5 Å². The molecule has 0 radical (unpaired) electrons. The Morgan fingerprint density at radius 1 is 1.25 bits per heavy atom. The maximum atomic E-state index is 12.9. The van der Waals surface area contributed by atoms with Gasteiger partial charge in [0, 0.05) is 6.07 Å². The summed E-state index contributed by atoms with van der Waals surface area (Å²) in [5.41, 5.74) is -1.44. The number of benzene rings is 1. The lowest BCUT2D eigenvalue weighted by Crippen LogP contribution is -2.16. The normalized spacial score (nSPS) is 12.1. The van der Waals surface area contributed by atoms with Gasteiger partial charge in [-0.1, -0.05) is 11.2 Å². The molecule has 3 rings (SSSR count). The van der Waals surface area contributed by atoms with Crippen molar-refractivity contribution in [1.82, 2.24) is 14.3 Å². The van der Waals surface area contributed by atoms with Crippen molar-refractivity contribution in [2.45, 2.75) is 18.0 Å². The molecule has 0 unspecified atom stereocenters. The Hall–Kier alpha value is -3.15. The first kappa shape index (κ1) is 19.6. The minimum absolute atomic E-state index is 0.100. The molecular weight excluding hydrogens is 403 g/mol. The van der Waals surface area contributed by atoms with Crippen molar-refractivity contribution >= 4 is 16.0 Å². The van der Waals surface area contributed by atoms with Crippen molar-refractivity contribution in [3.8, 4) is 11.5 Å². The van der Waals surface area contributed by atoms with Crippen LogP contribution in [-0.4, -0.2) is 35.3 Å². The molecule has 0 atom stereocenters. The van der Waals surface area contributed by atoms with Crippen molar-refractivity contribution < 1.29 is 35.6 Å². The SMILES string of the molecule is CCOC(=O)c1cc(-c2ccnn2S(=O)(=O)c2cccc(C(F)(F)F)c2)on1. The van der Waals surface area contributed by atoms with Gasteiger partial charge in [0.15, 0.2) is 11.5 Å². The predicted octanol–water partition coefficient (Wildman–Crippen LogP) is 2.97. The molecule has 0 amide bonds. The van der Waals surface area contributed by atoms with Gasteiger partial charge in [0.2, 0.25) is 0 Å². The highest BCUT2D eigenvalue weighted by Gasteiger charge is 2.33. The first-order valence-corrected chi connectivity index (χ1v) is 9.19. The van der Waals surface area contributed by atoms with Gasteiger partial charge in [0.25, 0.3) is 10.0 Å². The zero-order valence-electron chi connectivity index (χ0n) is 14.2. The summed E-state index contributed by atoms with van der Waals surface area (Å²) in [6.07, 6.45) is -3.59. The number of aromatic nitrogens is 3. The standard InChI is InChI=1S/C16H12F3N3O5S/c1-2-26-15(23)12-9-14(27-21-12)13-6-7-20-22(13)28(24,25)11-5-3-4-10(8-11)16(17,18)19/h3-9H,2H2,1H3. The largest absolute Gasteiger partial charge is 0.461 e. The lowest BCUT2D eigenvalue weighted by atomic mass is 10.2. The number of alkyl halides is 3. The summed E-state index contributed by atoms with van der Waals surface area (Å²) < 4.78 is 74.5. The Kier molecular flexibility index (Phi) is 4.98. The molecular formula is C16H12F3N3O5S. The molecule has 148 valence electrons. The van der Waals surface area contributed by atoms with E-state index in [1.807, 2.05) is 0 Å². The van der Waals surface area contributed by atoms with E-state index in [0.29, 0.717) is 10.2 Å². The van der Waals surface area contributed by atoms with Gasteiger partial charge in [-0.05, 0) is 31.2 Å². The summed E-state index contributed by atoms with van der Waals surface area (Å²) in [4.78, 5) is 11.1. The van der Waals surface area contributed by atoms with Crippen molar-refractivity contribution in [2.75, 3.05) is 6.61 Å². The molecule has 0 N–H and O–H groups in total. The van der Waals surface area contributed by atoms with Crippen LogP contribution in [0.2, 0.25) is 0 Å². The van der Waals surface area contributed by atoms with E-state index in [9.17, 15) is 26.4 Å². The molecule has 0 aliphatic rings. The maximum absolute atomic E-state index is 12.9. The highest BCUT2D eigenvalue weighted by molar-refractivity contribution is 7.90. The van der Waals surface area contributed by atoms with Crippen molar-refractivity contribution in [3.63, 3.8) is 0 Å². The average Bonchev–Trinajstić information content (AvgIpc) is 3.30. The second kappa shape index (κ2) is 7.11. The van der Waals surface area contributed by atoms with Gasteiger partial charge < -0.3 is 9.26 Å². The summed E-state index contributed by atoms with van der Waals surface area (Å²) in [5.74, 6) is -0.902. The molecule has 0 bridgehead atoms. The molecule has 0 aliphatic carbocycles. The van der Waals surface area contributed by atoms with E-state index in [2.05, 4.69) is 10.3 Å². The van der Waals surface area contributed by atoms with Gasteiger partial charge in [0.1, 0.15) is 5.69 Å². The molecule has 0 aliphatic heterocycles. The van der Waals surface area contributed by atoms with Crippen LogP contribution in [0.25, 0.3) is 11.5 Å². The van der Waals surface area contributed by atoms with Gasteiger partial charge in [-0.15, -0.1) is 4.09 Å². The highest BCUT2D eigenvalue weighted by Crippen LogP contribution is 2.31. The van der Waals surface area contributed by atoms with Crippen LogP contribution >= 0.6 is 0 Å². The number of hydrogen-bond acceptors (Lipinski definition) is 7. The van der Waals surface area contributed by atoms with E-state index in [-0.39, 0.29) is 23.8 Å². The van der Waals surface area contributed by atoms with E-state index >= 15 is 0 Å². The molecule has 12 heteroatoms. The minimum Gasteiger partial charge on any atom is -0.461 e. The van der Waals surface area contributed by atoms with Crippen LogP contribution in [0.1, 0.15) is 23.0 Å². The number of halogens is 3. The maximum Gasteiger partial charge on any atom is 0.416 e. The highest BCUT2D eigenvalue weighted by atomic mass is 32.2. The molecule has 1 aromatic carbocycles. The average molecular weight is 415 g/mol. The number of ether oxygens (including phenoxy) is 1. The fourth-order valence-electron chi connectivity index (χ4n) is 2.29. The predicted molar refractivity (Wildman–Crippen MR) is 87.7 cm³/mol. The second-order valence-corrected chi connectivity index (χ2v) is 7.15. The molecule has 2 aromatic heterocycles. The summed E-state index contributed by atoms with van der Waals surface area (Å²) in [6.45, 7) is 1.69. The monoisotopic (exact) mass is 415 g/mol. The third-order valence-electron chi connectivity index (χ3n) is 3.54. The third-order valence-corrected chi connectivity index (χ3v) is 5.14. The topological polar surface area (TPSA) is 104 Å². The second-order valence-electron chi connectivity index (χ2n) is 5.39. The summed E-state index contributed by atoms with van der Waals surface area (Å²) in [6, 6.07) is 5.65. The van der Waals surface area contributed by atoms with Crippen LogP contribution < -0.4 is 0 Å². The molecule has 28 heavy (non-hydrogen) atoms. The summed E-state index contributed by atoms with van der Waals surface area (Å²) >= 11 is 0. The number of hydrogen-bond donors (Lipinski definition) is 0. The smallest absolute Gasteiger partial charge is 0.416 e. The molecule has 0 spiro atoms. The van der Waals surface area contributed by atoms with Crippen molar-refractivity contribution in [2.24, 2.45) is 0 Å². The minimum atomic E-state index is -4.71. The summed E-state index contributed by atoms with van der Waals surface area (Å²) in [7, 11) is -4.48. The van der Waals surface area contributed by atoms with Crippen LogP contribution in [0.15, 0.2) is 52.0 Å². The number of carbonyl (C=O) groups excluding carboxylic acids is 1. The van der Waals surface area contributed by atoms with Gasteiger partial charge in [-0.3, -0.25) is 0 Å².